The van der Waals surface area contributed by atoms with E-state index in [1.54, 1.807) is 23.9 Å². The lowest BCUT2D eigenvalue weighted by atomic mass is 9.97. The van der Waals surface area contributed by atoms with Crippen molar-refractivity contribution in [2.45, 2.75) is 65.0 Å². The predicted octanol–water partition coefficient (Wildman–Crippen LogP) is 3.56. The molecule has 0 aromatic carbocycles. The fraction of sp³-hybridized carbons (Fsp3) is 0.524. The zero-order valence-electron chi connectivity index (χ0n) is 16.8. The van der Waals surface area contributed by atoms with Crippen LogP contribution in [-0.4, -0.2) is 39.3 Å². The lowest BCUT2D eigenvalue weighted by Crippen LogP contribution is -2.36. The number of aromatic nitrogens is 3. The summed E-state index contributed by atoms with van der Waals surface area (Å²) in [7, 11) is 0. The van der Waals surface area contributed by atoms with Crippen molar-refractivity contribution < 1.29 is 14.3 Å². The topological polar surface area (TPSA) is 86.1 Å². The van der Waals surface area contributed by atoms with Gasteiger partial charge in [-0.2, -0.15) is 5.10 Å². The molecular formula is C21H28N4O3. The van der Waals surface area contributed by atoms with Crippen molar-refractivity contribution in [3.05, 3.63) is 35.7 Å². The van der Waals surface area contributed by atoms with Crippen LogP contribution in [-0.2, 0) is 9.53 Å². The van der Waals surface area contributed by atoms with Gasteiger partial charge in [0.15, 0.2) is 11.8 Å². The highest BCUT2D eigenvalue weighted by Crippen LogP contribution is 2.19. The predicted molar refractivity (Wildman–Crippen MR) is 107 cm³/mol. The fourth-order valence-corrected chi connectivity index (χ4v) is 3.33. The van der Waals surface area contributed by atoms with Crippen LogP contribution in [0.2, 0.25) is 0 Å². The van der Waals surface area contributed by atoms with E-state index in [0.29, 0.717) is 17.8 Å². The van der Waals surface area contributed by atoms with Crippen molar-refractivity contribution in [2.24, 2.45) is 0 Å². The molecule has 1 aliphatic rings. The van der Waals surface area contributed by atoms with Crippen LogP contribution in [0.5, 0.6) is 0 Å². The van der Waals surface area contributed by atoms with Crippen LogP contribution in [0.3, 0.4) is 0 Å². The lowest BCUT2D eigenvalue weighted by Gasteiger charge is -2.15. The number of esters is 1. The third kappa shape index (κ3) is 4.77. The third-order valence-electron chi connectivity index (χ3n) is 4.94. The number of carbonyl (C=O) groups is 2. The van der Waals surface area contributed by atoms with Gasteiger partial charge in [-0.15, -0.1) is 0 Å². The molecule has 0 spiro atoms. The van der Waals surface area contributed by atoms with Gasteiger partial charge in [-0.05, 0) is 58.9 Å². The molecule has 7 heteroatoms. The molecule has 0 bridgehead atoms. The van der Waals surface area contributed by atoms with Crippen molar-refractivity contribution >= 4 is 22.9 Å². The second-order valence-electron chi connectivity index (χ2n) is 7.52. The summed E-state index contributed by atoms with van der Waals surface area (Å²) in [4.78, 5) is 28.9. The minimum Gasteiger partial charge on any atom is -0.449 e. The summed E-state index contributed by atoms with van der Waals surface area (Å²) in [5, 5.41) is 7.90. The number of rotatable bonds is 7. The van der Waals surface area contributed by atoms with Gasteiger partial charge in [0.25, 0.3) is 5.91 Å². The summed E-state index contributed by atoms with van der Waals surface area (Å²) in [6, 6.07) is 1.87. The Kier molecular flexibility index (Phi) is 6.44. The summed E-state index contributed by atoms with van der Waals surface area (Å²) in [6.45, 7) is 6.17. The van der Waals surface area contributed by atoms with Gasteiger partial charge in [0.1, 0.15) is 0 Å². The van der Waals surface area contributed by atoms with Gasteiger partial charge in [0, 0.05) is 24.2 Å². The van der Waals surface area contributed by atoms with E-state index >= 15 is 0 Å². The first kappa shape index (κ1) is 20.0. The molecule has 0 saturated heterocycles. The molecule has 0 saturated carbocycles. The molecule has 1 aliphatic carbocycles. The first-order valence-electron chi connectivity index (χ1n) is 9.95. The van der Waals surface area contributed by atoms with Crippen molar-refractivity contribution in [1.29, 1.82) is 0 Å². The van der Waals surface area contributed by atoms with Gasteiger partial charge < -0.3 is 10.1 Å². The van der Waals surface area contributed by atoms with Crippen LogP contribution in [0.4, 0.5) is 0 Å². The lowest BCUT2D eigenvalue weighted by molar-refractivity contribution is -0.129. The van der Waals surface area contributed by atoms with Crippen molar-refractivity contribution in [3.8, 4) is 0 Å². The SMILES string of the molecule is CC(C)n1ncc2cc(C(=O)O[C@H](C)C(=O)NCCC3=CCCCC3)cnc21. The van der Waals surface area contributed by atoms with Gasteiger partial charge in [0.05, 0.1) is 11.8 Å². The summed E-state index contributed by atoms with van der Waals surface area (Å²) >= 11 is 0. The molecule has 1 amide bonds. The average Bonchev–Trinajstić information content (AvgIpc) is 3.12. The van der Waals surface area contributed by atoms with E-state index in [4.69, 9.17) is 4.74 Å². The number of amides is 1. The number of pyridine rings is 1. The number of fused-ring (bicyclic) bond motifs is 1. The van der Waals surface area contributed by atoms with Crippen molar-refractivity contribution in [1.82, 2.24) is 20.1 Å². The first-order valence-corrected chi connectivity index (χ1v) is 9.95. The van der Waals surface area contributed by atoms with Gasteiger partial charge in [0.2, 0.25) is 0 Å². The number of ether oxygens (including phenoxy) is 1. The summed E-state index contributed by atoms with van der Waals surface area (Å²) in [5.41, 5.74) is 2.43. The quantitative estimate of drug-likeness (QED) is 0.583. The monoisotopic (exact) mass is 384 g/mol. The number of nitrogens with one attached hydrogen (secondary N) is 1. The van der Waals surface area contributed by atoms with E-state index in [1.165, 1.54) is 24.6 Å². The maximum Gasteiger partial charge on any atom is 0.340 e. The number of nitrogens with zero attached hydrogens (tertiary/aromatic N) is 3. The van der Waals surface area contributed by atoms with Gasteiger partial charge in [-0.25, -0.2) is 14.5 Å². The third-order valence-corrected chi connectivity index (χ3v) is 4.94. The van der Waals surface area contributed by atoms with E-state index in [0.717, 1.165) is 24.6 Å². The maximum atomic E-state index is 12.4. The molecule has 2 aromatic rings. The molecule has 150 valence electrons. The number of hydrogen-bond donors (Lipinski definition) is 1. The second-order valence-corrected chi connectivity index (χ2v) is 7.52. The molecule has 1 N–H and O–H groups in total. The second kappa shape index (κ2) is 8.99. The smallest absolute Gasteiger partial charge is 0.340 e. The molecule has 1 atom stereocenters. The Morgan fingerprint density at radius 1 is 1.25 bits per heavy atom. The fourth-order valence-electron chi connectivity index (χ4n) is 3.33. The Morgan fingerprint density at radius 3 is 2.79 bits per heavy atom. The number of hydrogen-bond acceptors (Lipinski definition) is 5. The number of allylic oxidation sites excluding steroid dienone is 1. The average molecular weight is 384 g/mol. The minimum atomic E-state index is -0.859. The van der Waals surface area contributed by atoms with Gasteiger partial charge >= 0.3 is 5.97 Å². The standard InChI is InChI=1S/C21H28N4O3/c1-14(2)25-19-17(13-24-25)11-18(12-23-19)21(27)28-15(3)20(26)22-10-9-16-7-5-4-6-8-16/h7,11-15H,4-6,8-10H2,1-3H3,(H,22,26)/t15-/m1/s1. The highest BCUT2D eigenvalue weighted by Gasteiger charge is 2.20. The van der Waals surface area contributed by atoms with E-state index in [9.17, 15) is 9.59 Å². The van der Waals surface area contributed by atoms with E-state index in [1.807, 2.05) is 13.8 Å². The highest BCUT2D eigenvalue weighted by atomic mass is 16.5. The zero-order chi connectivity index (χ0) is 20.1. The molecule has 0 aliphatic heterocycles. The van der Waals surface area contributed by atoms with Crippen molar-refractivity contribution in [2.75, 3.05) is 6.54 Å². The van der Waals surface area contributed by atoms with E-state index < -0.39 is 12.1 Å². The van der Waals surface area contributed by atoms with Crippen LogP contribution in [0.1, 0.15) is 69.3 Å². The Labute approximate surface area is 165 Å². The maximum absolute atomic E-state index is 12.4. The highest BCUT2D eigenvalue weighted by molar-refractivity contribution is 5.94. The molecule has 7 nitrogen and oxygen atoms in total. The Morgan fingerprint density at radius 2 is 2.07 bits per heavy atom. The van der Waals surface area contributed by atoms with Crippen LogP contribution in [0.25, 0.3) is 11.0 Å². The largest absolute Gasteiger partial charge is 0.449 e. The van der Waals surface area contributed by atoms with Crippen LogP contribution in [0.15, 0.2) is 30.1 Å². The van der Waals surface area contributed by atoms with E-state index in [-0.39, 0.29) is 11.9 Å². The van der Waals surface area contributed by atoms with Crippen molar-refractivity contribution in [3.63, 3.8) is 0 Å². The Bertz CT molecular complexity index is 885. The first-order chi connectivity index (χ1) is 13.5. The molecule has 0 fully saturated rings. The molecule has 28 heavy (non-hydrogen) atoms. The van der Waals surface area contributed by atoms with Gasteiger partial charge in [-0.3, -0.25) is 4.79 Å². The molecule has 0 unspecified atom stereocenters. The molecule has 0 radical (unpaired) electrons. The molecule has 2 aromatic heterocycles. The van der Waals surface area contributed by atoms with Crippen LogP contribution < -0.4 is 5.32 Å². The van der Waals surface area contributed by atoms with E-state index in [2.05, 4.69) is 21.5 Å². The number of carbonyl (C=O) groups excluding carboxylic acids is 2. The molecular weight excluding hydrogens is 356 g/mol. The molecule has 3 rings (SSSR count). The van der Waals surface area contributed by atoms with Gasteiger partial charge in [-0.1, -0.05) is 11.6 Å². The minimum absolute atomic E-state index is 0.177. The Balaban J connectivity index is 1.53. The zero-order valence-corrected chi connectivity index (χ0v) is 16.8. The Hall–Kier alpha value is -2.70. The van der Waals surface area contributed by atoms with Crippen LogP contribution in [0, 0.1) is 0 Å². The summed E-state index contributed by atoms with van der Waals surface area (Å²) in [6.07, 6.45) is 10.1. The normalized spacial score (nSPS) is 15.4. The molecule has 2 heterocycles. The van der Waals surface area contributed by atoms with Crippen LogP contribution >= 0.6 is 0 Å². The summed E-state index contributed by atoms with van der Waals surface area (Å²) < 4.78 is 7.11. The summed E-state index contributed by atoms with van der Waals surface area (Å²) in [5.74, 6) is -0.851.